The zero-order chi connectivity index (χ0) is 27.0. The van der Waals surface area contributed by atoms with Gasteiger partial charge in [-0.25, -0.2) is 0 Å². The van der Waals surface area contributed by atoms with Crippen LogP contribution in [-0.4, -0.2) is 5.78 Å². The van der Waals surface area contributed by atoms with Crippen molar-refractivity contribution in [1.82, 2.24) is 0 Å². The average Bonchev–Trinajstić information content (AvgIpc) is 2.89. The Bertz CT molecular complexity index is 1530. The Morgan fingerprint density at radius 1 is 1.03 bits per heavy atom. The molecule has 0 radical (unpaired) electrons. The molecule has 2 N–H and O–H groups in total. The Morgan fingerprint density at radius 3 is 2.47 bits per heavy atom. The summed E-state index contributed by atoms with van der Waals surface area (Å²) >= 11 is 4.09. The number of anilines is 1. The molecule has 1 aliphatic heterocycles. The summed E-state index contributed by atoms with van der Waals surface area (Å²) < 4.78 is 1.12. The monoisotopic (exact) mass is 631 g/mol. The highest BCUT2D eigenvalue weighted by molar-refractivity contribution is 14.1. The van der Waals surface area contributed by atoms with Gasteiger partial charge in [-0.1, -0.05) is 30.3 Å². The molecular weight excluding hydrogens is 601 g/mol. The molecule has 3 aromatic carbocycles. The van der Waals surface area contributed by atoms with Gasteiger partial charge in [0.2, 0.25) is 0 Å². The number of benzene rings is 3. The van der Waals surface area contributed by atoms with E-state index in [2.05, 4.69) is 85.8 Å². The molecule has 4 nitrogen and oxygen atoms in total. The number of nitrogens with two attached hydrogens (primary N) is 1. The van der Waals surface area contributed by atoms with Crippen LogP contribution in [0.25, 0.3) is 0 Å². The van der Waals surface area contributed by atoms with Gasteiger partial charge in [-0.2, -0.15) is 5.26 Å². The molecule has 1 heterocycles. The quantitative estimate of drug-likeness (QED) is 0.230. The van der Waals surface area contributed by atoms with Gasteiger partial charge in [-0.05, 0) is 114 Å². The molecule has 1 unspecified atom stereocenters. The SMILES string of the molecule is Cc1cc(C)c(C2C(C#N)=C(N)N(c3ccc(I)cc3)C3=C2C(=O)CCC3)cc1CSc1ccccc1C. The molecule has 1 aliphatic carbocycles. The number of hydrogen-bond donors (Lipinski definition) is 1. The van der Waals surface area contributed by atoms with E-state index in [9.17, 15) is 10.1 Å². The van der Waals surface area contributed by atoms with E-state index in [-0.39, 0.29) is 5.78 Å². The highest BCUT2D eigenvalue weighted by Crippen LogP contribution is 2.47. The summed E-state index contributed by atoms with van der Waals surface area (Å²) in [7, 11) is 0. The first kappa shape index (κ1) is 26.6. The second-order valence-corrected chi connectivity index (χ2v) is 12.2. The molecule has 0 amide bonds. The van der Waals surface area contributed by atoms with Crippen molar-refractivity contribution >= 4 is 45.8 Å². The summed E-state index contributed by atoms with van der Waals surface area (Å²) in [6.45, 7) is 6.34. The summed E-state index contributed by atoms with van der Waals surface area (Å²) in [6, 6.07) is 23.3. The first-order chi connectivity index (χ1) is 18.3. The van der Waals surface area contributed by atoms with Crippen molar-refractivity contribution in [2.24, 2.45) is 5.73 Å². The fourth-order valence-corrected chi connectivity index (χ4v) is 6.99. The summed E-state index contributed by atoms with van der Waals surface area (Å²) in [5.41, 5.74) is 15.5. The molecule has 0 fully saturated rings. The van der Waals surface area contributed by atoms with E-state index in [0.717, 1.165) is 50.2 Å². The minimum absolute atomic E-state index is 0.114. The van der Waals surface area contributed by atoms with Crippen LogP contribution in [0.5, 0.6) is 0 Å². The van der Waals surface area contributed by atoms with Crippen LogP contribution in [0.3, 0.4) is 0 Å². The zero-order valence-corrected chi connectivity index (χ0v) is 24.8. The molecule has 5 rings (SSSR count). The van der Waals surface area contributed by atoms with Crippen LogP contribution in [-0.2, 0) is 10.5 Å². The molecule has 0 saturated heterocycles. The number of nitriles is 1. The first-order valence-electron chi connectivity index (χ1n) is 12.8. The van der Waals surface area contributed by atoms with Crippen LogP contribution in [0.1, 0.15) is 53.0 Å². The van der Waals surface area contributed by atoms with Gasteiger partial charge in [0.1, 0.15) is 5.82 Å². The number of Topliss-reactive ketones (excluding diaryl/α,β-unsaturated/α-hetero) is 1. The van der Waals surface area contributed by atoms with Crippen molar-refractivity contribution in [1.29, 1.82) is 5.26 Å². The van der Waals surface area contributed by atoms with Crippen molar-refractivity contribution in [2.45, 2.75) is 56.6 Å². The predicted octanol–water partition coefficient (Wildman–Crippen LogP) is 7.81. The molecule has 0 bridgehead atoms. The van der Waals surface area contributed by atoms with Crippen molar-refractivity contribution in [3.05, 3.63) is 115 Å². The topological polar surface area (TPSA) is 70.1 Å². The third-order valence-corrected chi connectivity index (χ3v) is 9.45. The first-order valence-corrected chi connectivity index (χ1v) is 14.9. The largest absolute Gasteiger partial charge is 0.384 e. The van der Waals surface area contributed by atoms with E-state index in [4.69, 9.17) is 5.73 Å². The van der Waals surface area contributed by atoms with Crippen molar-refractivity contribution in [2.75, 3.05) is 4.90 Å². The molecule has 1 atom stereocenters. The van der Waals surface area contributed by atoms with Gasteiger partial charge >= 0.3 is 0 Å². The predicted molar refractivity (Wildman–Crippen MR) is 164 cm³/mol. The molecule has 0 aromatic heterocycles. The second kappa shape index (κ2) is 11.0. The Morgan fingerprint density at radius 2 is 1.76 bits per heavy atom. The molecule has 2 aliphatic rings. The van der Waals surface area contributed by atoms with E-state index in [1.54, 1.807) is 0 Å². The van der Waals surface area contributed by atoms with Crippen LogP contribution in [0.4, 0.5) is 5.69 Å². The van der Waals surface area contributed by atoms with E-state index in [0.29, 0.717) is 17.8 Å². The number of aryl methyl sites for hydroxylation is 3. The van der Waals surface area contributed by atoms with Crippen LogP contribution >= 0.6 is 34.4 Å². The Kier molecular flexibility index (Phi) is 7.69. The van der Waals surface area contributed by atoms with Crippen LogP contribution < -0.4 is 10.6 Å². The van der Waals surface area contributed by atoms with Gasteiger partial charge in [-0.3, -0.25) is 9.69 Å². The standard InChI is InChI=1S/C32H30IN3OS/c1-19-7-4-5-10-29(19)38-18-22-16-25(21(3)15-20(22)2)30-26(17-34)32(35)36(24-13-11-23(33)12-14-24)27-8-6-9-28(37)31(27)30/h4-5,7,10-16,30H,6,8-9,18,35H2,1-3H3. The smallest absolute Gasteiger partial charge is 0.161 e. The minimum Gasteiger partial charge on any atom is -0.384 e. The Hall–Kier alpha value is -3.02. The molecule has 38 heavy (non-hydrogen) atoms. The maximum atomic E-state index is 13.6. The normalized spacial score (nSPS) is 17.5. The average molecular weight is 632 g/mol. The number of nitrogens with zero attached hydrogens (tertiary/aromatic N) is 2. The second-order valence-electron chi connectivity index (χ2n) is 9.98. The number of carbonyl (C=O) groups excluding carboxylic acids is 1. The Labute approximate surface area is 242 Å². The van der Waals surface area contributed by atoms with Crippen LogP contribution in [0, 0.1) is 35.7 Å². The fourth-order valence-electron chi connectivity index (χ4n) is 5.54. The third kappa shape index (κ3) is 4.90. The molecule has 192 valence electrons. The summed E-state index contributed by atoms with van der Waals surface area (Å²) in [6.07, 6.45) is 2.03. The Balaban J connectivity index is 1.63. The highest BCUT2D eigenvalue weighted by atomic mass is 127. The summed E-state index contributed by atoms with van der Waals surface area (Å²) in [5, 5.41) is 10.4. The maximum absolute atomic E-state index is 13.6. The lowest BCUT2D eigenvalue weighted by Gasteiger charge is -2.40. The van der Waals surface area contributed by atoms with Crippen molar-refractivity contribution in [3.8, 4) is 6.07 Å². The molecule has 0 spiro atoms. The maximum Gasteiger partial charge on any atom is 0.161 e. The number of carbonyl (C=O) groups is 1. The summed E-state index contributed by atoms with van der Waals surface area (Å²) in [5.74, 6) is 0.892. The van der Waals surface area contributed by atoms with E-state index < -0.39 is 5.92 Å². The van der Waals surface area contributed by atoms with Crippen LogP contribution in [0.2, 0.25) is 0 Å². The highest BCUT2D eigenvalue weighted by Gasteiger charge is 2.41. The fraction of sp³-hybridized carbons (Fsp3) is 0.250. The number of ketones is 1. The van der Waals surface area contributed by atoms with Gasteiger partial charge in [0, 0.05) is 37.6 Å². The molecule has 3 aromatic rings. The van der Waals surface area contributed by atoms with E-state index >= 15 is 0 Å². The molecule has 6 heteroatoms. The van der Waals surface area contributed by atoms with Gasteiger partial charge in [0.15, 0.2) is 5.78 Å². The van der Waals surface area contributed by atoms with Gasteiger partial charge in [0.05, 0.1) is 17.6 Å². The molecule has 0 saturated carbocycles. The van der Waals surface area contributed by atoms with Gasteiger partial charge < -0.3 is 5.73 Å². The number of allylic oxidation sites excluding steroid dienone is 3. The lowest BCUT2D eigenvalue weighted by atomic mass is 9.74. The van der Waals surface area contributed by atoms with Gasteiger partial charge in [-0.15, -0.1) is 11.8 Å². The lowest BCUT2D eigenvalue weighted by molar-refractivity contribution is -0.116. The van der Waals surface area contributed by atoms with E-state index in [1.165, 1.54) is 21.6 Å². The van der Waals surface area contributed by atoms with Crippen LogP contribution in [0.15, 0.2) is 88.2 Å². The van der Waals surface area contributed by atoms with Gasteiger partial charge in [0.25, 0.3) is 0 Å². The third-order valence-electron chi connectivity index (χ3n) is 7.51. The number of rotatable bonds is 5. The summed E-state index contributed by atoms with van der Waals surface area (Å²) in [4.78, 5) is 16.8. The van der Waals surface area contributed by atoms with Crippen molar-refractivity contribution < 1.29 is 4.79 Å². The van der Waals surface area contributed by atoms with Crippen molar-refractivity contribution in [3.63, 3.8) is 0 Å². The number of hydrogen-bond acceptors (Lipinski definition) is 5. The zero-order valence-electron chi connectivity index (χ0n) is 21.8. The minimum atomic E-state index is -0.453. The number of thioether (sulfide) groups is 1. The number of halogens is 1. The molecular formula is C32H30IN3OS. The van der Waals surface area contributed by atoms with E-state index in [1.807, 2.05) is 40.9 Å². The lowest BCUT2D eigenvalue weighted by Crippen LogP contribution is -2.38.